The predicted molar refractivity (Wildman–Crippen MR) is 52.2 cm³/mol. The number of benzene rings is 1. The Labute approximate surface area is 82.4 Å². The van der Waals surface area contributed by atoms with Crippen molar-refractivity contribution in [2.24, 2.45) is 0 Å². The van der Waals surface area contributed by atoms with Crippen molar-refractivity contribution < 1.29 is 14.3 Å². The van der Waals surface area contributed by atoms with Gasteiger partial charge in [-0.25, -0.2) is 4.39 Å². The Balaban J connectivity index is 3.27. The summed E-state index contributed by atoms with van der Waals surface area (Å²) < 4.78 is 13.5. The number of ketones is 1. The number of alkyl halides is 1. The lowest BCUT2D eigenvalue weighted by molar-refractivity contribution is 0.101. The summed E-state index contributed by atoms with van der Waals surface area (Å²) in [7, 11) is 0. The third-order valence-electron chi connectivity index (χ3n) is 2.06. The quantitative estimate of drug-likeness (QED) is 0.738. The van der Waals surface area contributed by atoms with Crippen LogP contribution in [-0.4, -0.2) is 10.9 Å². The van der Waals surface area contributed by atoms with Gasteiger partial charge in [-0.2, -0.15) is 0 Å². The van der Waals surface area contributed by atoms with Crippen LogP contribution in [0.25, 0.3) is 0 Å². The summed E-state index contributed by atoms with van der Waals surface area (Å²) >= 11 is 0. The maximum atomic E-state index is 13.5. The molecule has 76 valence electrons. The number of carbonyl (C=O) groups excluding carboxylic acids is 1. The van der Waals surface area contributed by atoms with E-state index in [2.05, 4.69) is 0 Å². The topological polar surface area (TPSA) is 37.3 Å². The van der Waals surface area contributed by atoms with Crippen LogP contribution in [0.1, 0.15) is 36.7 Å². The zero-order valence-electron chi connectivity index (χ0n) is 8.47. The van der Waals surface area contributed by atoms with E-state index < -0.39 is 5.67 Å². The summed E-state index contributed by atoms with van der Waals surface area (Å²) in [6.45, 7) is 4.15. The second-order valence-corrected chi connectivity index (χ2v) is 3.76. The highest BCUT2D eigenvalue weighted by molar-refractivity contribution is 5.96. The van der Waals surface area contributed by atoms with Crippen molar-refractivity contribution >= 4 is 5.78 Å². The number of phenols is 1. The smallest absolute Gasteiger partial charge is 0.163 e. The SMILES string of the molecule is CC(=O)c1cc(C(C)(C)F)ccc1O. The molecule has 0 saturated carbocycles. The summed E-state index contributed by atoms with van der Waals surface area (Å²) in [5.74, 6) is -0.376. The molecule has 14 heavy (non-hydrogen) atoms. The van der Waals surface area contributed by atoms with Gasteiger partial charge in [-0.3, -0.25) is 4.79 Å². The molecule has 2 nitrogen and oxygen atoms in total. The van der Waals surface area contributed by atoms with Crippen molar-refractivity contribution in [3.63, 3.8) is 0 Å². The van der Waals surface area contributed by atoms with Crippen molar-refractivity contribution in [2.45, 2.75) is 26.4 Å². The van der Waals surface area contributed by atoms with Gasteiger partial charge < -0.3 is 5.11 Å². The van der Waals surface area contributed by atoms with Gasteiger partial charge in [-0.05, 0) is 38.5 Å². The largest absolute Gasteiger partial charge is 0.507 e. The highest BCUT2D eigenvalue weighted by atomic mass is 19.1. The molecule has 0 unspecified atom stereocenters. The van der Waals surface area contributed by atoms with Gasteiger partial charge in [0.2, 0.25) is 0 Å². The van der Waals surface area contributed by atoms with Gasteiger partial charge >= 0.3 is 0 Å². The average molecular weight is 196 g/mol. The standard InChI is InChI=1S/C11H13FO2/c1-7(13)9-6-8(11(2,3)12)4-5-10(9)14/h4-6,14H,1-3H3. The van der Waals surface area contributed by atoms with Crippen LogP contribution in [0, 0.1) is 0 Å². The third-order valence-corrected chi connectivity index (χ3v) is 2.06. The number of aromatic hydroxyl groups is 1. The summed E-state index contributed by atoms with van der Waals surface area (Å²) in [6.07, 6.45) is 0. The monoisotopic (exact) mass is 196 g/mol. The maximum absolute atomic E-state index is 13.5. The summed E-state index contributed by atoms with van der Waals surface area (Å²) in [4.78, 5) is 11.1. The molecule has 0 aliphatic carbocycles. The molecule has 0 atom stereocenters. The van der Waals surface area contributed by atoms with Gasteiger partial charge in [0.15, 0.2) is 5.78 Å². The van der Waals surface area contributed by atoms with Crippen LogP contribution in [0.2, 0.25) is 0 Å². The van der Waals surface area contributed by atoms with Crippen LogP contribution < -0.4 is 0 Å². The second-order valence-electron chi connectivity index (χ2n) is 3.76. The van der Waals surface area contributed by atoms with E-state index in [1.165, 1.54) is 39.0 Å². The number of carbonyl (C=O) groups is 1. The molecule has 1 rings (SSSR count). The number of Topliss-reactive ketones (excluding diaryl/α,β-unsaturated/α-hetero) is 1. The molecule has 0 bridgehead atoms. The molecule has 0 aliphatic heterocycles. The van der Waals surface area contributed by atoms with E-state index in [1.807, 2.05) is 0 Å². The van der Waals surface area contributed by atoms with Crippen LogP contribution in [0.15, 0.2) is 18.2 Å². The second kappa shape index (κ2) is 3.40. The highest BCUT2D eigenvalue weighted by Gasteiger charge is 2.20. The Kier molecular flexibility index (Phi) is 2.60. The number of hydrogen-bond acceptors (Lipinski definition) is 2. The van der Waals surface area contributed by atoms with Crippen LogP contribution in [0.3, 0.4) is 0 Å². The van der Waals surface area contributed by atoms with Gasteiger partial charge in [-0.15, -0.1) is 0 Å². The minimum absolute atomic E-state index is 0.106. The Morgan fingerprint density at radius 2 is 2.00 bits per heavy atom. The first-order chi connectivity index (χ1) is 6.32. The van der Waals surface area contributed by atoms with Gasteiger partial charge in [0.25, 0.3) is 0 Å². The molecule has 1 N–H and O–H groups in total. The highest BCUT2D eigenvalue weighted by Crippen LogP contribution is 2.28. The summed E-state index contributed by atoms with van der Waals surface area (Å²) in [6, 6.07) is 4.20. The Morgan fingerprint density at radius 1 is 1.43 bits per heavy atom. The summed E-state index contributed by atoms with van der Waals surface area (Å²) in [5, 5.41) is 9.33. The third kappa shape index (κ3) is 2.10. The van der Waals surface area contributed by atoms with Crippen LogP contribution >= 0.6 is 0 Å². The molecule has 0 heterocycles. The molecular formula is C11H13FO2. The Bertz CT molecular complexity index is 364. The molecule has 0 fully saturated rings. The van der Waals surface area contributed by atoms with Crippen molar-refractivity contribution in [1.82, 2.24) is 0 Å². The number of halogens is 1. The molecule has 0 amide bonds. The van der Waals surface area contributed by atoms with E-state index in [0.717, 1.165) is 0 Å². The molecular weight excluding hydrogens is 183 g/mol. The lowest BCUT2D eigenvalue weighted by Crippen LogP contribution is -2.10. The van der Waals surface area contributed by atoms with Crippen molar-refractivity contribution in [3.8, 4) is 5.75 Å². The average Bonchev–Trinajstić information content (AvgIpc) is 2.02. The van der Waals surface area contributed by atoms with E-state index in [4.69, 9.17) is 0 Å². The van der Waals surface area contributed by atoms with Gasteiger partial charge in [0.1, 0.15) is 11.4 Å². The number of rotatable bonds is 2. The predicted octanol–water partition coefficient (Wildman–Crippen LogP) is 2.80. The van der Waals surface area contributed by atoms with E-state index >= 15 is 0 Å². The van der Waals surface area contributed by atoms with Crippen molar-refractivity contribution in [1.29, 1.82) is 0 Å². The molecule has 0 spiro atoms. The first-order valence-corrected chi connectivity index (χ1v) is 4.35. The minimum Gasteiger partial charge on any atom is -0.507 e. The zero-order chi connectivity index (χ0) is 10.9. The molecule has 0 aliphatic rings. The first-order valence-electron chi connectivity index (χ1n) is 4.35. The molecule has 1 aromatic carbocycles. The Hall–Kier alpha value is -1.38. The van der Waals surface area contributed by atoms with Gasteiger partial charge in [0.05, 0.1) is 5.56 Å². The van der Waals surface area contributed by atoms with E-state index in [-0.39, 0.29) is 17.1 Å². The normalized spacial score (nSPS) is 11.4. The number of hydrogen-bond donors (Lipinski definition) is 1. The number of phenolic OH excluding ortho intramolecular Hbond substituents is 1. The molecule has 0 radical (unpaired) electrons. The molecule has 0 saturated heterocycles. The lowest BCUT2D eigenvalue weighted by atomic mass is 9.96. The minimum atomic E-state index is -1.50. The van der Waals surface area contributed by atoms with Gasteiger partial charge in [-0.1, -0.05) is 6.07 Å². The molecule has 0 aromatic heterocycles. The van der Waals surface area contributed by atoms with Crippen molar-refractivity contribution in [3.05, 3.63) is 29.3 Å². The van der Waals surface area contributed by atoms with Gasteiger partial charge in [0, 0.05) is 0 Å². The lowest BCUT2D eigenvalue weighted by Gasteiger charge is -2.15. The Morgan fingerprint density at radius 3 is 2.43 bits per heavy atom. The van der Waals surface area contributed by atoms with E-state index in [0.29, 0.717) is 5.56 Å². The fourth-order valence-corrected chi connectivity index (χ4v) is 1.19. The zero-order valence-corrected chi connectivity index (χ0v) is 8.47. The fraction of sp³-hybridized carbons (Fsp3) is 0.364. The summed E-state index contributed by atoms with van der Waals surface area (Å²) in [5.41, 5.74) is -0.952. The van der Waals surface area contributed by atoms with Crippen LogP contribution in [0.5, 0.6) is 5.75 Å². The van der Waals surface area contributed by atoms with Crippen LogP contribution in [-0.2, 0) is 5.67 Å². The maximum Gasteiger partial charge on any atom is 0.163 e. The van der Waals surface area contributed by atoms with E-state index in [1.54, 1.807) is 0 Å². The first kappa shape index (κ1) is 10.7. The molecule has 1 aromatic rings. The van der Waals surface area contributed by atoms with Crippen molar-refractivity contribution in [2.75, 3.05) is 0 Å². The van der Waals surface area contributed by atoms with Crippen LogP contribution in [0.4, 0.5) is 4.39 Å². The fourth-order valence-electron chi connectivity index (χ4n) is 1.19. The van der Waals surface area contributed by atoms with E-state index in [9.17, 15) is 14.3 Å². The molecule has 3 heteroatoms.